The number of benzene rings is 1. The molecule has 1 aromatic rings. The molecule has 1 aliphatic rings. The predicted octanol–water partition coefficient (Wildman–Crippen LogP) is 4.28. The highest BCUT2D eigenvalue weighted by molar-refractivity contribution is 5.89. The maximum atomic E-state index is 12.5. The average molecular weight is 332 g/mol. The van der Waals surface area contributed by atoms with Crippen LogP contribution in [-0.2, 0) is 0 Å². The number of amides is 2. The first-order chi connectivity index (χ1) is 11.4. The Morgan fingerprint density at radius 2 is 1.92 bits per heavy atom. The molecule has 4 nitrogen and oxygen atoms in total. The lowest BCUT2D eigenvalue weighted by Crippen LogP contribution is -2.47. The normalized spacial score (nSPS) is 16.0. The van der Waals surface area contributed by atoms with E-state index in [1.807, 2.05) is 17.0 Å². The second kappa shape index (κ2) is 8.52. The zero-order chi connectivity index (χ0) is 17.7. The Balaban J connectivity index is 1.80. The van der Waals surface area contributed by atoms with E-state index in [1.54, 1.807) is 0 Å². The van der Waals surface area contributed by atoms with E-state index >= 15 is 0 Å². The predicted molar refractivity (Wildman–Crippen MR) is 102 cm³/mol. The maximum absolute atomic E-state index is 12.5. The van der Waals surface area contributed by atoms with Gasteiger partial charge in [0, 0.05) is 24.8 Å². The van der Waals surface area contributed by atoms with Gasteiger partial charge in [-0.15, -0.1) is 0 Å². The third kappa shape index (κ3) is 5.23. The van der Waals surface area contributed by atoms with Crippen molar-refractivity contribution in [1.29, 1.82) is 0 Å². The Morgan fingerprint density at radius 1 is 1.25 bits per heavy atom. The zero-order valence-electron chi connectivity index (χ0n) is 15.9. The molecule has 1 heterocycles. The van der Waals surface area contributed by atoms with Crippen molar-refractivity contribution in [2.75, 3.05) is 32.0 Å². The van der Waals surface area contributed by atoms with Gasteiger partial charge in [-0.3, -0.25) is 0 Å². The van der Waals surface area contributed by atoms with E-state index in [0.717, 1.165) is 44.1 Å². The van der Waals surface area contributed by atoms with Crippen molar-refractivity contribution >= 4 is 11.7 Å². The summed E-state index contributed by atoms with van der Waals surface area (Å²) in [6.07, 6.45) is 3.37. The van der Waals surface area contributed by atoms with Gasteiger partial charge >= 0.3 is 6.03 Å². The van der Waals surface area contributed by atoms with E-state index in [4.69, 9.17) is 0 Å². The van der Waals surface area contributed by atoms with Crippen molar-refractivity contribution in [2.24, 2.45) is 5.92 Å². The lowest BCUT2D eigenvalue weighted by molar-refractivity contribution is 0.137. The SMILES string of the molecule is Cc1ccc(NC(=O)N2CCC(N(C)CCC(C)C)CC2)cc1C. The van der Waals surface area contributed by atoms with Crippen LogP contribution in [0, 0.1) is 19.8 Å². The number of hydrogen-bond acceptors (Lipinski definition) is 2. The molecule has 0 aromatic heterocycles. The number of carbonyl (C=O) groups is 1. The minimum Gasteiger partial charge on any atom is -0.324 e. The second-order valence-electron chi connectivity index (χ2n) is 7.61. The van der Waals surface area contributed by atoms with Gasteiger partial charge in [-0.05, 0) is 75.9 Å². The lowest BCUT2D eigenvalue weighted by atomic mass is 10.0. The van der Waals surface area contributed by atoms with Gasteiger partial charge in [0.05, 0.1) is 0 Å². The van der Waals surface area contributed by atoms with Gasteiger partial charge in [0.25, 0.3) is 0 Å². The molecule has 1 fully saturated rings. The number of nitrogens with one attached hydrogen (secondary N) is 1. The number of carbonyl (C=O) groups excluding carboxylic acids is 1. The molecular weight excluding hydrogens is 298 g/mol. The first kappa shape index (κ1) is 18.8. The summed E-state index contributed by atoms with van der Waals surface area (Å²) in [5.41, 5.74) is 3.34. The molecular formula is C20H33N3O. The van der Waals surface area contributed by atoms with Crippen molar-refractivity contribution in [1.82, 2.24) is 9.80 Å². The van der Waals surface area contributed by atoms with Crippen LogP contribution in [0.2, 0.25) is 0 Å². The molecule has 1 saturated heterocycles. The second-order valence-corrected chi connectivity index (χ2v) is 7.61. The molecule has 0 saturated carbocycles. The minimum atomic E-state index is 0.0292. The molecule has 0 radical (unpaired) electrons. The van der Waals surface area contributed by atoms with Crippen LogP contribution < -0.4 is 5.32 Å². The molecule has 0 unspecified atom stereocenters. The molecule has 1 aromatic carbocycles. The molecule has 0 aliphatic carbocycles. The first-order valence-corrected chi connectivity index (χ1v) is 9.20. The number of aryl methyl sites for hydroxylation is 2. The fraction of sp³-hybridized carbons (Fsp3) is 0.650. The number of rotatable bonds is 5. The fourth-order valence-electron chi connectivity index (χ4n) is 3.18. The summed E-state index contributed by atoms with van der Waals surface area (Å²) in [7, 11) is 2.22. The number of piperidine rings is 1. The summed E-state index contributed by atoms with van der Waals surface area (Å²) in [4.78, 5) is 16.9. The molecule has 24 heavy (non-hydrogen) atoms. The van der Waals surface area contributed by atoms with Crippen LogP contribution in [-0.4, -0.2) is 48.6 Å². The van der Waals surface area contributed by atoms with Crippen molar-refractivity contribution < 1.29 is 4.79 Å². The molecule has 1 aliphatic heterocycles. The minimum absolute atomic E-state index is 0.0292. The number of anilines is 1. The van der Waals surface area contributed by atoms with E-state index in [2.05, 4.69) is 51.0 Å². The Kier molecular flexibility index (Phi) is 6.67. The zero-order valence-corrected chi connectivity index (χ0v) is 15.9. The number of likely N-dealkylation sites (tertiary alicyclic amines) is 1. The Bertz CT molecular complexity index is 548. The lowest BCUT2D eigenvalue weighted by Gasteiger charge is -2.37. The van der Waals surface area contributed by atoms with Gasteiger partial charge < -0.3 is 15.1 Å². The number of urea groups is 1. The van der Waals surface area contributed by atoms with Crippen LogP contribution in [0.15, 0.2) is 18.2 Å². The topological polar surface area (TPSA) is 35.6 Å². The summed E-state index contributed by atoms with van der Waals surface area (Å²) in [6.45, 7) is 11.5. The van der Waals surface area contributed by atoms with E-state index in [9.17, 15) is 4.79 Å². The van der Waals surface area contributed by atoms with Crippen LogP contribution in [0.5, 0.6) is 0 Å². The van der Waals surface area contributed by atoms with Gasteiger partial charge in [0.2, 0.25) is 0 Å². The van der Waals surface area contributed by atoms with Crippen molar-refractivity contribution in [3.63, 3.8) is 0 Å². The molecule has 2 amide bonds. The summed E-state index contributed by atoms with van der Waals surface area (Å²) >= 11 is 0. The van der Waals surface area contributed by atoms with Gasteiger partial charge in [0.15, 0.2) is 0 Å². The quantitative estimate of drug-likeness (QED) is 0.874. The standard InChI is InChI=1S/C20H33N3O/c1-15(2)8-11-22(5)19-9-12-23(13-10-19)20(24)21-18-7-6-16(3)17(4)14-18/h6-7,14-15,19H,8-13H2,1-5H3,(H,21,24). The Hall–Kier alpha value is -1.55. The highest BCUT2D eigenvalue weighted by Gasteiger charge is 2.25. The van der Waals surface area contributed by atoms with E-state index in [0.29, 0.717) is 6.04 Å². The molecule has 0 atom stereocenters. The van der Waals surface area contributed by atoms with Crippen molar-refractivity contribution in [3.8, 4) is 0 Å². The van der Waals surface area contributed by atoms with Crippen LogP contribution in [0.1, 0.15) is 44.2 Å². The van der Waals surface area contributed by atoms with Crippen LogP contribution in [0.3, 0.4) is 0 Å². The van der Waals surface area contributed by atoms with Crippen LogP contribution in [0.25, 0.3) is 0 Å². The van der Waals surface area contributed by atoms with Gasteiger partial charge in [-0.1, -0.05) is 19.9 Å². The third-order valence-corrected chi connectivity index (χ3v) is 5.19. The molecule has 1 N–H and O–H groups in total. The summed E-state index contributed by atoms with van der Waals surface area (Å²) in [5.74, 6) is 0.747. The highest BCUT2D eigenvalue weighted by Crippen LogP contribution is 2.19. The smallest absolute Gasteiger partial charge is 0.321 e. The Labute approximate surface area is 147 Å². The van der Waals surface area contributed by atoms with Crippen molar-refractivity contribution in [3.05, 3.63) is 29.3 Å². The average Bonchev–Trinajstić information content (AvgIpc) is 2.56. The largest absolute Gasteiger partial charge is 0.324 e. The van der Waals surface area contributed by atoms with Gasteiger partial charge in [-0.2, -0.15) is 0 Å². The monoisotopic (exact) mass is 331 g/mol. The van der Waals surface area contributed by atoms with Crippen molar-refractivity contribution in [2.45, 2.75) is 53.0 Å². The fourth-order valence-corrected chi connectivity index (χ4v) is 3.18. The van der Waals surface area contributed by atoms with Crippen LogP contribution >= 0.6 is 0 Å². The Morgan fingerprint density at radius 3 is 2.50 bits per heavy atom. The van der Waals surface area contributed by atoms with E-state index in [1.165, 1.54) is 17.5 Å². The molecule has 134 valence electrons. The van der Waals surface area contributed by atoms with Gasteiger partial charge in [-0.25, -0.2) is 4.79 Å². The number of hydrogen-bond donors (Lipinski definition) is 1. The number of nitrogens with zero attached hydrogens (tertiary/aromatic N) is 2. The summed E-state index contributed by atoms with van der Waals surface area (Å²) in [6, 6.07) is 6.71. The van der Waals surface area contributed by atoms with E-state index < -0.39 is 0 Å². The third-order valence-electron chi connectivity index (χ3n) is 5.19. The van der Waals surface area contributed by atoms with Gasteiger partial charge in [0.1, 0.15) is 0 Å². The molecule has 0 bridgehead atoms. The first-order valence-electron chi connectivity index (χ1n) is 9.20. The molecule has 0 spiro atoms. The summed E-state index contributed by atoms with van der Waals surface area (Å²) < 4.78 is 0. The molecule has 4 heteroatoms. The van der Waals surface area contributed by atoms with Crippen LogP contribution in [0.4, 0.5) is 10.5 Å². The highest BCUT2D eigenvalue weighted by atomic mass is 16.2. The molecule has 2 rings (SSSR count). The van der Waals surface area contributed by atoms with E-state index in [-0.39, 0.29) is 6.03 Å². The summed E-state index contributed by atoms with van der Waals surface area (Å²) in [5, 5.41) is 3.04. The maximum Gasteiger partial charge on any atom is 0.321 e.